The largest absolute Gasteiger partial charge is 0.508 e. The van der Waals surface area contributed by atoms with Crippen molar-refractivity contribution in [3.05, 3.63) is 65.2 Å². The van der Waals surface area contributed by atoms with Crippen molar-refractivity contribution >= 4 is 0 Å². The third-order valence-electron chi connectivity index (χ3n) is 5.17. The molecule has 1 aliphatic heterocycles. The van der Waals surface area contributed by atoms with Gasteiger partial charge in [-0.3, -0.25) is 4.90 Å². The Morgan fingerprint density at radius 3 is 2.71 bits per heavy atom. The number of aromatic hydroxyl groups is 1. The molecule has 21 heavy (non-hydrogen) atoms. The summed E-state index contributed by atoms with van der Waals surface area (Å²) in [7, 11) is 0. The number of nitrogens with zero attached hydrogens (tertiary/aromatic N) is 1. The molecule has 1 N–H and O–H groups in total. The van der Waals surface area contributed by atoms with E-state index >= 15 is 0 Å². The molecule has 0 bridgehead atoms. The molecule has 108 valence electrons. The first-order chi connectivity index (χ1) is 10.3. The molecule has 1 heterocycles. The molecule has 2 atom stereocenters. The molecule has 2 nitrogen and oxygen atoms in total. The topological polar surface area (TPSA) is 23.5 Å². The minimum absolute atomic E-state index is 0.493. The predicted octanol–water partition coefficient (Wildman–Crippen LogP) is 3.70. The Hall–Kier alpha value is -1.80. The summed E-state index contributed by atoms with van der Waals surface area (Å²) in [6.07, 6.45) is 3.39. The molecule has 0 radical (unpaired) electrons. The smallest absolute Gasteiger partial charge is 0.119 e. The molecule has 2 aromatic carbocycles. The SMILES string of the molecule is Oc1cccc2c1CCC1C2CCN1Cc1ccccc1. The number of phenols is 1. The van der Waals surface area contributed by atoms with Gasteiger partial charge in [0.15, 0.2) is 0 Å². The summed E-state index contributed by atoms with van der Waals surface area (Å²) >= 11 is 0. The van der Waals surface area contributed by atoms with Gasteiger partial charge in [0.1, 0.15) is 5.75 Å². The van der Waals surface area contributed by atoms with Crippen LogP contribution in [0, 0.1) is 0 Å². The van der Waals surface area contributed by atoms with Crippen LogP contribution in [0.1, 0.15) is 35.4 Å². The number of phenolic OH excluding ortho intramolecular Hbond substituents is 1. The summed E-state index contributed by atoms with van der Waals surface area (Å²) < 4.78 is 0. The second-order valence-corrected chi connectivity index (χ2v) is 6.30. The molecule has 4 rings (SSSR count). The van der Waals surface area contributed by atoms with Gasteiger partial charge in [0, 0.05) is 18.5 Å². The van der Waals surface area contributed by atoms with E-state index in [2.05, 4.69) is 41.3 Å². The molecular weight excluding hydrogens is 258 g/mol. The van der Waals surface area contributed by atoms with Crippen molar-refractivity contribution in [3.8, 4) is 5.75 Å². The van der Waals surface area contributed by atoms with Gasteiger partial charge in [-0.25, -0.2) is 0 Å². The highest BCUT2D eigenvalue weighted by atomic mass is 16.3. The first-order valence-corrected chi connectivity index (χ1v) is 7.91. The van der Waals surface area contributed by atoms with Gasteiger partial charge in [-0.1, -0.05) is 42.5 Å². The summed E-state index contributed by atoms with van der Waals surface area (Å²) in [6.45, 7) is 2.22. The van der Waals surface area contributed by atoms with Crippen molar-refractivity contribution in [1.29, 1.82) is 0 Å². The number of likely N-dealkylation sites (tertiary alicyclic amines) is 1. The number of fused-ring (bicyclic) bond motifs is 3. The fourth-order valence-corrected chi connectivity index (χ4v) is 4.18. The molecular formula is C19H21NO. The van der Waals surface area contributed by atoms with Gasteiger partial charge in [0.2, 0.25) is 0 Å². The maximum Gasteiger partial charge on any atom is 0.119 e. The standard InChI is InChI=1S/C19H21NO/c21-19-8-4-7-15-16-11-12-20(18(16)10-9-17(15)19)13-14-5-2-1-3-6-14/h1-8,16,18,21H,9-13H2. The van der Waals surface area contributed by atoms with Crippen molar-refractivity contribution in [2.45, 2.75) is 37.8 Å². The van der Waals surface area contributed by atoms with Crippen LogP contribution in [0.25, 0.3) is 0 Å². The Morgan fingerprint density at radius 1 is 1.00 bits per heavy atom. The number of benzene rings is 2. The van der Waals surface area contributed by atoms with Crippen LogP contribution in [-0.2, 0) is 13.0 Å². The minimum Gasteiger partial charge on any atom is -0.508 e. The van der Waals surface area contributed by atoms with Crippen molar-refractivity contribution in [2.24, 2.45) is 0 Å². The summed E-state index contributed by atoms with van der Waals surface area (Å²) in [5.41, 5.74) is 3.99. The van der Waals surface area contributed by atoms with Crippen LogP contribution in [-0.4, -0.2) is 22.6 Å². The fraction of sp³-hybridized carbons (Fsp3) is 0.368. The zero-order valence-corrected chi connectivity index (χ0v) is 12.2. The van der Waals surface area contributed by atoms with E-state index in [4.69, 9.17) is 0 Å². The van der Waals surface area contributed by atoms with Crippen LogP contribution in [0.15, 0.2) is 48.5 Å². The Labute approximate surface area is 126 Å². The first kappa shape index (κ1) is 12.9. The third kappa shape index (κ3) is 2.24. The van der Waals surface area contributed by atoms with Crippen LogP contribution in [0.3, 0.4) is 0 Å². The lowest BCUT2D eigenvalue weighted by Crippen LogP contribution is -2.34. The zero-order chi connectivity index (χ0) is 14.2. The lowest BCUT2D eigenvalue weighted by atomic mass is 9.79. The lowest BCUT2D eigenvalue weighted by molar-refractivity contribution is 0.218. The summed E-state index contributed by atoms with van der Waals surface area (Å²) in [5.74, 6) is 1.09. The fourth-order valence-electron chi connectivity index (χ4n) is 4.18. The maximum atomic E-state index is 10.1. The number of rotatable bonds is 2. The van der Waals surface area contributed by atoms with E-state index in [1.54, 1.807) is 0 Å². The van der Waals surface area contributed by atoms with Crippen LogP contribution in [0.4, 0.5) is 0 Å². The molecule has 2 unspecified atom stereocenters. The Kier molecular flexibility index (Phi) is 3.19. The van der Waals surface area contributed by atoms with E-state index in [1.165, 1.54) is 36.1 Å². The lowest BCUT2D eigenvalue weighted by Gasteiger charge is -2.33. The van der Waals surface area contributed by atoms with E-state index in [-0.39, 0.29) is 0 Å². The molecule has 0 amide bonds. The van der Waals surface area contributed by atoms with Gasteiger partial charge >= 0.3 is 0 Å². The first-order valence-electron chi connectivity index (χ1n) is 7.91. The van der Waals surface area contributed by atoms with E-state index in [9.17, 15) is 5.11 Å². The van der Waals surface area contributed by atoms with Crippen LogP contribution >= 0.6 is 0 Å². The highest BCUT2D eigenvalue weighted by Gasteiger charge is 2.38. The molecule has 0 saturated carbocycles. The van der Waals surface area contributed by atoms with Crippen molar-refractivity contribution in [3.63, 3.8) is 0 Å². The molecule has 0 spiro atoms. The maximum absolute atomic E-state index is 10.1. The molecule has 2 aromatic rings. The normalized spacial score (nSPS) is 24.6. The Balaban J connectivity index is 1.58. The highest BCUT2D eigenvalue weighted by Crippen LogP contribution is 2.44. The molecule has 1 fully saturated rings. The van der Waals surface area contributed by atoms with Gasteiger partial charge in [0.05, 0.1) is 0 Å². The average Bonchev–Trinajstić information content (AvgIpc) is 2.92. The molecule has 2 heteroatoms. The van der Waals surface area contributed by atoms with E-state index < -0.39 is 0 Å². The summed E-state index contributed by atoms with van der Waals surface area (Å²) in [4.78, 5) is 2.63. The highest BCUT2D eigenvalue weighted by molar-refractivity contribution is 5.44. The zero-order valence-electron chi connectivity index (χ0n) is 12.2. The van der Waals surface area contributed by atoms with E-state index in [0.717, 1.165) is 13.0 Å². The van der Waals surface area contributed by atoms with Crippen molar-refractivity contribution < 1.29 is 5.11 Å². The van der Waals surface area contributed by atoms with Crippen LogP contribution in [0.5, 0.6) is 5.75 Å². The van der Waals surface area contributed by atoms with Gasteiger partial charge in [-0.05, 0) is 48.6 Å². The molecule has 1 saturated heterocycles. The van der Waals surface area contributed by atoms with Gasteiger partial charge in [0.25, 0.3) is 0 Å². The second-order valence-electron chi connectivity index (χ2n) is 6.30. The van der Waals surface area contributed by atoms with Gasteiger partial charge in [-0.2, -0.15) is 0 Å². The van der Waals surface area contributed by atoms with Crippen LogP contribution < -0.4 is 0 Å². The van der Waals surface area contributed by atoms with E-state index in [0.29, 0.717) is 17.7 Å². The quantitative estimate of drug-likeness (QED) is 0.906. The second kappa shape index (κ2) is 5.19. The summed E-state index contributed by atoms with van der Waals surface area (Å²) in [5, 5.41) is 10.1. The van der Waals surface area contributed by atoms with E-state index in [1.807, 2.05) is 12.1 Å². The summed E-state index contributed by atoms with van der Waals surface area (Å²) in [6, 6.07) is 17.4. The third-order valence-corrected chi connectivity index (χ3v) is 5.17. The minimum atomic E-state index is 0.493. The molecule has 1 aliphatic carbocycles. The van der Waals surface area contributed by atoms with Crippen molar-refractivity contribution in [2.75, 3.05) is 6.54 Å². The van der Waals surface area contributed by atoms with Gasteiger partial charge < -0.3 is 5.11 Å². The van der Waals surface area contributed by atoms with Crippen molar-refractivity contribution in [1.82, 2.24) is 4.90 Å². The predicted molar refractivity (Wildman–Crippen MR) is 84.4 cm³/mol. The van der Waals surface area contributed by atoms with Gasteiger partial charge in [-0.15, -0.1) is 0 Å². The molecule has 0 aromatic heterocycles. The average molecular weight is 279 g/mol. The monoisotopic (exact) mass is 279 g/mol. The number of hydrogen-bond acceptors (Lipinski definition) is 2. The Morgan fingerprint density at radius 2 is 1.86 bits per heavy atom. The molecule has 2 aliphatic rings. The van der Waals surface area contributed by atoms with Crippen LogP contribution in [0.2, 0.25) is 0 Å². The number of hydrogen-bond donors (Lipinski definition) is 1. The Bertz CT molecular complexity index is 637.